The number of likely N-dealkylation sites (tertiary alicyclic amines) is 1. The molecule has 4 rings (SSSR count). The van der Waals surface area contributed by atoms with Crippen LogP contribution in [-0.2, 0) is 12.8 Å². The van der Waals surface area contributed by atoms with Crippen LogP contribution in [-0.4, -0.2) is 35.2 Å². The number of rotatable bonds is 2. The van der Waals surface area contributed by atoms with Gasteiger partial charge in [-0.2, -0.15) is 0 Å². The summed E-state index contributed by atoms with van der Waals surface area (Å²) in [6, 6.07) is 15.1. The van der Waals surface area contributed by atoms with Gasteiger partial charge in [0.1, 0.15) is 0 Å². The Morgan fingerprint density at radius 3 is 2.40 bits per heavy atom. The largest absolute Gasteiger partial charge is 0.398 e. The Labute approximate surface area is 163 Å². The first kappa shape index (κ1) is 17.3. The third-order valence-electron chi connectivity index (χ3n) is 5.95. The molecule has 2 aromatic carbocycles. The van der Waals surface area contributed by atoms with Crippen LogP contribution in [0.4, 0.5) is 5.69 Å². The maximum Gasteiger partial charge on any atom is 0.0739 e. The van der Waals surface area contributed by atoms with Crippen molar-refractivity contribution in [2.24, 2.45) is 0 Å². The van der Waals surface area contributed by atoms with E-state index in [0.29, 0.717) is 12.3 Å². The standard InChI is InChI=1S/C21H25IN2O/c22-18-6-7-19(23)17-13-21(25)20(12-16(17)18)24-10-8-15(9-11-24)14-4-2-1-3-5-14/h1-7,15,20-21,25H,8-13,23H2/t20-,21-/m1/s1. The molecule has 2 aromatic rings. The smallest absolute Gasteiger partial charge is 0.0739 e. The number of nitrogens with zero attached hydrogens (tertiary/aromatic N) is 1. The molecule has 3 nitrogen and oxygen atoms in total. The zero-order valence-electron chi connectivity index (χ0n) is 14.4. The zero-order valence-corrected chi connectivity index (χ0v) is 16.5. The second kappa shape index (κ2) is 7.25. The highest BCUT2D eigenvalue weighted by atomic mass is 127. The van der Waals surface area contributed by atoms with E-state index < -0.39 is 0 Å². The van der Waals surface area contributed by atoms with Crippen molar-refractivity contribution in [3.63, 3.8) is 0 Å². The Balaban J connectivity index is 1.47. The van der Waals surface area contributed by atoms with E-state index in [2.05, 4.69) is 63.9 Å². The van der Waals surface area contributed by atoms with Gasteiger partial charge in [-0.3, -0.25) is 4.90 Å². The number of nitrogen functional groups attached to an aromatic ring is 1. The molecule has 4 heteroatoms. The Morgan fingerprint density at radius 1 is 0.960 bits per heavy atom. The monoisotopic (exact) mass is 448 g/mol. The van der Waals surface area contributed by atoms with Crippen LogP contribution in [0.1, 0.15) is 35.4 Å². The normalized spacial score (nSPS) is 24.9. The van der Waals surface area contributed by atoms with Crippen molar-refractivity contribution in [1.29, 1.82) is 0 Å². The van der Waals surface area contributed by atoms with Crippen molar-refractivity contribution in [2.45, 2.75) is 43.7 Å². The average Bonchev–Trinajstić information content (AvgIpc) is 2.65. The second-order valence-corrected chi connectivity index (χ2v) is 8.52. The topological polar surface area (TPSA) is 49.5 Å². The van der Waals surface area contributed by atoms with Gasteiger partial charge in [-0.25, -0.2) is 0 Å². The lowest BCUT2D eigenvalue weighted by Gasteiger charge is -2.42. The number of hydrogen-bond donors (Lipinski definition) is 2. The van der Waals surface area contributed by atoms with E-state index in [-0.39, 0.29) is 12.1 Å². The van der Waals surface area contributed by atoms with Crippen molar-refractivity contribution >= 4 is 28.3 Å². The van der Waals surface area contributed by atoms with E-state index in [9.17, 15) is 5.11 Å². The fourth-order valence-electron chi connectivity index (χ4n) is 4.50. The van der Waals surface area contributed by atoms with Crippen LogP contribution in [0.3, 0.4) is 0 Å². The van der Waals surface area contributed by atoms with E-state index in [0.717, 1.165) is 30.8 Å². The van der Waals surface area contributed by atoms with E-state index in [1.807, 2.05) is 6.07 Å². The minimum Gasteiger partial charge on any atom is -0.398 e. The van der Waals surface area contributed by atoms with Gasteiger partial charge in [-0.1, -0.05) is 30.3 Å². The van der Waals surface area contributed by atoms with Crippen LogP contribution in [0.25, 0.3) is 0 Å². The van der Waals surface area contributed by atoms with Gasteiger partial charge in [0.05, 0.1) is 6.10 Å². The highest BCUT2D eigenvalue weighted by Gasteiger charge is 2.35. The summed E-state index contributed by atoms with van der Waals surface area (Å²) in [6.45, 7) is 2.13. The maximum atomic E-state index is 10.8. The summed E-state index contributed by atoms with van der Waals surface area (Å²) in [7, 11) is 0. The predicted molar refractivity (Wildman–Crippen MR) is 111 cm³/mol. The summed E-state index contributed by atoms with van der Waals surface area (Å²) in [5.74, 6) is 0.654. The predicted octanol–water partition coefficient (Wildman–Crippen LogP) is 3.58. The average molecular weight is 448 g/mol. The van der Waals surface area contributed by atoms with E-state index in [1.54, 1.807) is 0 Å². The number of nitrogens with two attached hydrogens (primary N) is 1. The van der Waals surface area contributed by atoms with E-state index in [1.165, 1.54) is 27.5 Å². The first-order chi connectivity index (χ1) is 12.1. The Kier molecular flexibility index (Phi) is 5.02. The SMILES string of the molecule is Nc1ccc(I)c2c1C[C@@H](O)[C@H](N1CCC(c3ccccc3)CC1)C2. The van der Waals surface area contributed by atoms with Gasteiger partial charge < -0.3 is 10.8 Å². The molecule has 3 N–H and O–H groups in total. The Bertz CT molecular complexity index is 741. The first-order valence-electron chi connectivity index (χ1n) is 9.16. The fourth-order valence-corrected chi connectivity index (χ4v) is 5.22. The van der Waals surface area contributed by atoms with Gasteiger partial charge in [0.25, 0.3) is 0 Å². The molecule has 0 bridgehead atoms. The molecule has 1 saturated heterocycles. The molecule has 0 aromatic heterocycles. The fraction of sp³-hybridized carbons (Fsp3) is 0.429. The summed E-state index contributed by atoms with van der Waals surface area (Å²) >= 11 is 2.40. The summed E-state index contributed by atoms with van der Waals surface area (Å²) in [6.07, 6.45) is 3.63. The highest BCUT2D eigenvalue weighted by molar-refractivity contribution is 14.1. The first-order valence-corrected chi connectivity index (χ1v) is 10.2. The third-order valence-corrected chi connectivity index (χ3v) is 6.96. The van der Waals surface area contributed by atoms with Crippen LogP contribution in [0.15, 0.2) is 42.5 Å². The molecular weight excluding hydrogens is 423 g/mol. The van der Waals surface area contributed by atoms with Crippen molar-refractivity contribution in [3.05, 3.63) is 62.7 Å². The number of hydrogen-bond acceptors (Lipinski definition) is 3. The number of piperidine rings is 1. The lowest BCUT2D eigenvalue weighted by atomic mass is 9.82. The number of benzene rings is 2. The molecule has 0 saturated carbocycles. The van der Waals surface area contributed by atoms with Gasteiger partial charge in [-0.05, 0) is 89.7 Å². The van der Waals surface area contributed by atoms with Crippen molar-refractivity contribution in [3.8, 4) is 0 Å². The summed E-state index contributed by atoms with van der Waals surface area (Å²) in [5, 5.41) is 10.8. The molecule has 0 amide bonds. The van der Waals surface area contributed by atoms with Gasteiger partial charge in [0.15, 0.2) is 0 Å². The zero-order chi connectivity index (χ0) is 17.4. The molecular formula is C21H25IN2O. The van der Waals surface area contributed by atoms with Crippen LogP contribution in [0.5, 0.6) is 0 Å². The van der Waals surface area contributed by atoms with Crippen molar-refractivity contribution in [1.82, 2.24) is 4.90 Å². The number of halogens is 1. The molecule has 1 heterocycles. The number of aliphatic hydroxyl groups excluding tert-OH is 1. The molecule has 2 atom stereocenters. The molecule has 2 aliphatic rings. The molecule has 132 valence electrons. The Morgan fingerprint density at radius 2 is 1.68 bits per heavy atom. The molecule has 1 aliphatic heterocycles. The van der Waals surface area contributed by atoms with Crippen molar-refractivity contribution < 1.29 is 5.11 Å². The quantitative estimate of drug-likeness (QED) is 0.546. The number of anilines is 1. The van der Waals surface area contributed by atoms with E-state index in [4.69, 9.17) is 5.73 Å². The summed E-state index contributed by atoms with van der Waals surface area (Å²) < 4.78 is 1.28. The Hall–Kier alpha value is -1.11. The van der Waals surface area contributed by atoms with Crippen LogP contribution < -0.4 is 5.73 Å². The summed E-state index contributed by atoms with van der Waals surface area (Å²) in [5.41, 5.74) is 10.9. The molecule has 0 unspecified atom stereocenters. The van der Waals surface area contributed by atoms with Gasteiger partial charge in [0.2, 0.25) is 0 Å². The maximum absolute atomic E-state index is 10.8. The van der Waals surface area contributed by atoms with Crippen LogP contribution in [0, 0.1) is 3.57 Å². The van der Waals surface area contributed by atoms with Gasteiger partial charge in [-0.15, -0.1) is 0 Å². The van der Waals surface area contributed by atoms with Gasteiger partial charge >= 0.3 is 0 Å². The third kappa shape index (κ3) is 3.44. The minimum atomic E-state index is -0.318. The number of fused-ring (bicyclic) bond motifs is 1. The molecule has 1 aliphatic carbocycles. The van der Waals surface area contributed by atoms with Gasteiger partial charge in [0, 0.05) is 21.7 Å². The molecule has 0 radical (unpaired) electrons. The lowest BCUT2D eigenvalue weighted by Crippen LogP contribution is -2.51. The number of aliphatic hydroxyl groups is 1. The summed E-state index contributed by atoms with van der Waals surface area (Å²) in [4.78, 5) is 2.51. The molecule has 25 heavy (non-hydrogen) atoms. The molecule has 0 spiro atoms. The van der Waals surface area contributed by atoms with E-state index >= 15 is 0 Å². The second-order valence-electron chi connectivity index (χ2n) is 7.36. The minimum absolute atomic E-state index is 0.222. The lowest BCUT2D eigenvalue weighted by molar-refractivity contribution is 0.0294. The molecule has 1 fully saturated rings. The van der Waals surface area contributed by atoms with Crippen LogP contribution in [0.2, 0.25) is 0 Å². The van der Waals surface area contributed by atoms with Crippen molar-refractivity contribution in [2.75, 3.05) is 18.8 Å². The highest BCUT2D eigenvalue weighted by Crippen LogP contribution is 2.35. The van der Waals surface area contributed by atoms with Crippen LogP contribution >= 0.6 is 22.6 Å².